The lowest BCUT2D eigenvalue weighted by Crippen LogP contribution is -2.41. The summed E-state index contributed by atoms with van der Waals surface area (Å²) in [6.45, 7) is 13.0. The first-order valence-electron chi connectivity index (χ1n) is 14.5. The van der Waals surface area contributed by atoms with Crippen LogP contribution in [0, 0.1) is 12.1 Å². The summed E-state index contributed by atoms with van der Waals surface area (Å²) in [5.74, 6) is 0. The lowest BCUT2D eigenvalue weighted by atomic mass is 9.78. The second-order valence-electron chi connectivity index (χ2n) is 13.1. The zero-order valence-electron chi connectivity index (χ0n) is 24.5. The molecule has 0 N–H and O–H groups in total. The average molecular weight is 536 g/mol. The SMILES string of the molecule is CC1(C)c2ccccc2-n2c1cc1c2c#cc2c3cc(B4OC(C)(C)C(C)(C)O4)ccc3n(C3=CCC=CC=C3)c21. The van der Waals surface area contributed by atoms with Gasteiger partial charge in [-0.15, -0.1) is 0 Å². The molecule has 1 aliphatic carbocycles. The van der Waals surface area contributed by atoms with E-state index in [1.54, 1.807) is 0 Å². The van der Waals surface area contributed by atoms with Crippen LogP contribution in [0.2, 0.25) is 0 Å². The Labute approximate surface area is 241 Å². The van der Waals surface area contributed by atoms with Crippen molar-refractivity contribution in [1.82, 2.24) is 9.13 Å². The normalized spacial score (nSPS) is 20.0. The van der Waals surface area contributed by atoms with Crippen molar-refractivity contribution in [2.45, 2.75) is 64.6 Å². The van der Waals surface area contributed by atoms with Gasteiger partial charge in [0.1, 0.15) is 5.52 Å². The van der Waals surface area contributed by atoms with Gasteiger partial charge >= 0.3 is 7.12 Å². The first-order valence-corrected chi connectivity index (χ1v) is 14.5. The van der Waals surface area contributed by atoms with E-state index in [1.165, 1.54) is 22.3 Å². The van der Waals surface area contributed by atoms with E-state index in [4.69, 9.17) is 9.31 Å². The summed E-state index contributed by atoms with van der Waals surface area (Å²) in [5, 5.41) is 3.38. The maximum Gasteiger partial charge on any atom is 0.494 e. The van der Waals surface area contributed by atoms with Crippen LogP contribution in [0.4, 0.5) is 0 Å². The van der Waals surface area contributed by atoms with Crippen molar-refractivity contribution in [3.05, 3.63) is 102 Å². The maximum atomic E-state index is 6.44. The number of hydrogen-bond donors (Lipinski definition) is 0. The molecule has 5 heteroatoms. The van der Waals surface area contributed by atoms with Crippen molar-refractivity contribution < 1.29 is 9.31 Å². The van der Waals surface area contributed by atoms with Gasteiger partial charge < -0.3 is 18.4 Å². The van der Waals surface area contributed by atoms with Crippen LogP contribution in [-0.4, -0.2) is 27.5 Å². The van der Waals surface area contributed by atoms with Crippen molar-refractivity contribution in [1.29, 1.82) is 0 Å². The largest absolute Gasteiger partial charge is 0.494 e. The molecule has 8 rings (SSSR count). The fourth-order valence-electron chi connectivity index (χ4n) is 6.80. The first-order chi connectivity index (χ1) is 19.6. The van der Waals surface area contributed by atoms with Gasteiger partial charge in [-0.25, -0.2) is 0 Å². The van der Waals surface area contributed by atoms with E-state index in [-0.39, 0.29) is 5.41 Å². The van der Waals surface area contributed by atoms with E-state index in [0.29, 0.717) is 0 Å². The Hall–Kier alpha value is -3.98. The number of nitrogens with zero attached hydrogens (tertiary/aromatic N) is 2. The molecule has 202 valence electrons. The summed E-state index contributed by atoms with van der Waals surface area (Å²) >= 11 is 0. The van der Waals surface area contributed by atoms with E-state index in [9.17, 15) is 0 Å². The molecule has 5 aromatic rings. The smallest absolute Gasteiger partial charge is 0.399 e. The Kier molecular flexibility index (Phi) is 4.88. The van der Waals surface area contributed by atoms with Crippen molar-refractivity contribution in [3.8, 4) is 5.69 Å². The number of aromatic nitrogens is 2. The molecule has 0 amide bonds. The molecule has 3 aromatic carbocycles. The molecule has 0 saturated carbocycles. The topological polar surface area (TPSA) is 28.3 Å². The second kappa shape index (κ2) is 8.06. The highest BCUT2D eigenvalue weighted by Crippen LogP contribution is 2.47. The highest BCUT2D eigenvalue weighted by molar-refractivity contribution is 6.62. The molecule has 4 heterocycles. The molecule has 1 fully saturated rings. The fourth-order valence-corrected chi connectivity index (χ4v) is 6.80. The van der Waals surface area contributed by atoms with Crippen LogP contribution in [0.25, 0.3) is 44.1 Å². The Morgan fingerprint density at radius 1 is 0.829 bits per heavy atom. The molecule has 0 atom stereocenters. The van der Waals surface area contributed by atoms with Gasteiger partial charge in [0, 0.05) is 27.6 Å². The van der Waals surface area contributed by atoms with E-state index in [1.807, 2.05) is 0 Å². The molecule has 41 heavy (non-hydrogen) atoms. The molecule has 0 unspecified atom stereocenters. The number of hydrogen-bond acceptors (Lipinski definition) is 2. The Balaban J connectivity index is 1.43. The molecular formula is C36H33BN2O2. The van der Waals surface area contributed by atoms with Gasteiger partial charge in [0.2, 0.25) is 0 Å². The third-order valence-electron chi connectivity index (χ3n) is 9.77. The van der Waals surface area contributed by atoms with Gasteiger partial charge in [-0.05, 0) is 75.5 Å². The van der Waals surface area contributed by atoms with Crippen molar-refractivity contribution >= 4 is 51.0 Å². The third kappa shape index (κ3) is 3.26. The van der Waals surface area contributed by atoms with Gasteiger partial charge in [0.15, 0.2) is 0 Å². The zero-order chi connectivity index (χ0) is 28.3. The average Bonchev–Trinajstić information content (AvgIpc) is 3.52. The molecule has 3 aliphatic rings. The lowest BCUT2D eigenvalue weighted by molar-refractivity contribution is 0.00578. The summed E-state index contributed by atoms with van der Waals surface area (Å²) in [6.07, 6.45) is 11.8. The van der Waals surface area contributed by atoms with Gasteiger partial charge in [-0.1, -0.05) is 74.5 Å². The minimum atomic E-state index is -0.424. The summed E-state index contributed by atoms with van der Waals surface area (Å²) in [6, 6.07) is 24.9. The quantitative estimate of drug-likeness (QED) is 0.217. The van der Waals surface area contributed by atoms with E-state index in [0.717, 1.165) is 44.9 Å². The fraction of sp³-hybridized carbons (Fsp3) is 0.278. The first kappa shape index (κ1) is 24.8. The summed E-state index contributed by atoms with van der Waals surface area (Å²) < 4.78 is 17.7. The second-order valence-corrected chi connectivity index (χ2v) is 13.1. The molecule has 2 aliphatic heterocycles. The highest BCUT2D eigenvalue weighted by Gasteiger charge is 2.51. The number of fused-ring (bicyclic) bond motifs is 9. The summed E-state index contributed by atoms with van der Waals surface area (Å²) in [4.78, 5) is 0. The number of para-hydroxylation sites is 1. The molecule has 2 aromatic heterocycles. The number of rotatable bonds is 2. The highest BCUT2D eigenvalue weighted by atomic mass is 16.7. The molecule has 1 saturated heterocycles. The predicted molar refractivity (Wildman–Crippen MR) is 169 cm³/mol. The van der Waals surface area contributed by atoms with Crippen LogP contribution in [0.3, 0.4) is 0 Å². The molecule has 4 nitrogen and oxygen atoms in total. The number of allylic oxidation sites excluding steroid dienone is 6. The molecule has 0 radical (unpaired) electrons. The summed E-state index contributed by atoms with van der Waals surface area (Å²) in [5.41, 5.74) is 8.50. The van der Waals surface area contributed by atoms with Gasteiger partial charge in [0.05, 0.1) is 33.3 Å². The lowest BCUT2D eigenvalue weighted by Gasteiger charge is -2.32. The Morgan fingerprint density at radius 3 is 2.41 bits per heavy atom. The van der Waals surface area contributed by atoms with E-state index >= 15 is 0 Å². The van der Waals surface area contributed by atoms with Gasteiger partial charge in [-0.3, -0.25) is 0 Å². The van der Waals surface area contributed by atoms with Gasteiger partial charge in [0.25, 0.3) is 0 Å². The van der Waals surface area contributed by atoms with E-state index in [2.05, 4.69) is 142 Å². The van der Waals surface area contributed by atoms with Crippen LogP contribution in [0.1, 0.15) is 59.2 Å². The van der Waals surface area contributed by atoms with Crippen LogP contribution in [0.15, 0.2) is 78.9 Å². The Bertz CT molecular complexity index is 2000. The van der Waals surface area contributed by atoms with Crippen molar-refractivity contribution in [3.63, 3.8) is 0 Å². The third-order valence-corrected chi connectivity index (χ3v) is 9.77. The summed E-state index contributed by atoms with van der Waals surface area (Å²) in [7, 11) is -0.424. The molecule has 0 spiro atoms. The Morgan fingerprint density at radius 2 is 1.61 bits per heavy atom. The van der Waals surface area contributed by atoms with Crippen molar-refractivity contribution in [2.24, 2.45) is 0 Å². The van der Waals surface area contributed by atoms with Gasteiger partial charge in [-0.2, -0.15) is 0 Å². The van der Waals surface area contributed by atoms with Crippen molar-refractivity contribution in [2.75, 3.05) is 0 Å². The molecule has 0 bridgehead atoms. The monoisotopic (exact) mass is 536 g/mol. The van der Waals surface area contributed by atoms with Crippen LogP contribution >= 0.6 is 0 Å². The predicted octanol–water partition coefficient (Wildman–Crippen LogP) is 7.63. The molecular weight excluding hydrogens is 503 g/mol. The van der Waals surface area contributed by atoms with Crippen LogP contribution in [-0.2, 0) is 14.7 Å². The van der Waals surface area contributed by atoms with Crippen LogP contribution in [0.5, 0.6) is 0 Å². The minimum Gasteiger partial charge on any atom is -0.399 e. The van der Waals surface area contributed by atoms with Crippen LogP contribution < -0.4 is 5.46 Å². The standard InChI is InChI=1S/C36H33BN2O2/c1-34(2)28-15-11-12-16-31(28)39-30-20-18-25-26-21-23(37-40-35(3,4)36(5,6)41-37)17-19-29(26)38(24-13-9-7-8-10-14-24)33(25)27(30)22-32(34)39/h7-9,11-17,19,21-22H,10H2,1-6H3. The zero-order valence-corrected chi connectivity index (χ0v) is 24.5. The maximum absolute atomic E-state index is 6.44. The minimum absolute atomic E-state index is 0.109. The number of benzene rings is 2. The van der Waals surface area contributed by atoms with E-state index < -0.39 is 18.3 Å².